The van der Waals surface area contributed by atoms with E-state index in [4.69, 9.17) is 3.57 Å². The van der Waals surface area contributed by atoms with E-state index in [1.54, 1.807) is 0 Å². The van der Waals surface area contributed by atoms with Crippen LogP contribution >= 0.6 is 10.6 Å². The molecule has 0 heterocycles. The van der Waals surface area contributed by atoms with E-state index >= 15 is 0 Å². The molecule has 0 radical (unpaired) electrons. The summed E-state index contributed by atoms with van der Waals surface area (Å²) in [5, 5.41) is 0. The first-order valence-electron chi connectivity index (χ1n) is 0.267. The Labute approximate surface area is 46.8 Å². The van der Waals surface area contributed by atoms with Crippen molar-refractivity contribution in [3.63, 3.8) is 0 Å². The predicted molar refractivity (Wildman–Crippen MR) is 8.28 cm³/mol. The van der Waals surface area contributed by atoms with Crippen LogP contribution in [0.15, 0.2) is 0 Å². The fourth-order valence-corrected chi connectivity index (χ4v) is 0. The Hall–Kier alpha value is 1.16. The van der Waals surface area contributed by atoms with Crippen molar-refractivity contribution in [3.8, 4) is 0 Å². The van der Waals surface area contributed by atoms with Crippen LogP contribution < -0.4 is 0 Å². The molecule has 0 saturated heterocycles. The van der Waals surface area contributed by atoms with Gasteiger partial charge in [-0.05, 0) is 0 Å². The van der Waals surface area contributed by atoms with Gasteiger partial charge in [0.05, 0.1) is 0 Å². The van der Waals surface area contributed by atoms with Crippen LogP contribution in [0, 0.1) is 0 Å². The van der Waals surface area contributed by atoms with Crippen LogP contribution in [0.3, 0.4) is 0 Å². The van der Waals surface area contributed by atoms with Crippen LogP contribution in [0.1, 0.15) is 0 Å². The summed E-state index contributed by atoms with van der Waals surface area (Å²) in [6.45, 7) is 0. The van der Waals surface area contributed by atoms with Gasteiger partial charge in [0.15, 0.2) is 0 Å². The molecule has 0 rings (SSSR count). The predicted octanol–water partition coefficient (Wildman–Crippen LogP) is 0.524. The van der Waals surface area contributed by atoms with Crippen molar-refractivity contribution in [2.75, 3.05) is 0 Å². The fraction of sp³-hybridized carbons (Fsp3) is 0. The first-order chi connectivity index (χ1) is 2.00. The van der Waals surface area contributed by atoms with E-state index in [0.29, 0.717) is 0 Å². The summed E-state index contributed by atoms with van der Waals surface area (Å²) in [5.74, 6) is 0. The van der Waals surface area contributed by atoms with Crippen LogP contribution in [0.25, 0.3) is 0 Å². The second-order valence-corrected chi connectivity index (χ2v) is 0. The minimum absolute atomic E-state index is 1.10. The van der Waals surface area contributed by atoms with E-state index in [2.05, 4.69) is 24.9 Å². The van der Waals surface area contributed by atoms with Gasteiger partial charge in [-0.1, -0.05) is 0 Å². The van der Waals surface area contributed by atoms with Gasteiger partial charge >= 0.3 is 46.8 Å². The van der Waals surface area contributed by atoms with Gasteiger partial charge in [-0.25, -0.2) is 0 Å². The Morgan fingerprint density at radius 2 is 1.50 bits per heavy atom. The van der Waals surface area contributed by atoms with Crippen molar-refractivity contribution >= 4 is 10.6 Å². The molecule has 0 N–H and O–H groups in total. The second-order valence-electron chi connectivity index (χ2n) is 0. The normalized spacial score (nSPS) is 2.75. The van der Waals surface area contributed by atoms with Crippen molar-refractivity contribution in [1.29, 1.82) is 0 Å². The Bertz CT molecular complexity index is 10.0. The molecular weight excluding hydrogens is 213 g/mol. The second kappa shape index (κ2) is 30.8. The first-order valence-corrected chi connectivity index (χ1v) is 2.38. The Kier molecular flexibility index (Phi) is 68.9. The molecule has 31 valence electrons. The van der Waals surface area contributed by atoms with E-state index < -0.39 is 0 Å². The minimum atomic E-state index is 1.10. The molecule has 4 heavy (non-hydrogen) atoms. The zero-order valence-electron chi connectivity index (χ0n) is 1.47. The number of hydrogen-bond acceptors (Lipinski definition) is 2. The molecule has 0 aromatic heterocycles. The van der Waals surface area contributed by atoms with Crippen molar-refractivity contribution in [2.24, 2.45) is 0 Å². The van der Waals surface area contributed by atoms with Gasteiger partial charge in [-0.3, -0.25) is 0 Å². The summed E-state index contributed by atoms with van der Waals surface area (Å²) in [4.78, 5) is 0. The average Bonchev–Trinajstić information content (AvgIpc) is 1.50. The molecule has 4 heteroatoms. The van der Waals surface area contributed by atoms with Crippen molar-refractivity contribution in [1.82, 2.24) is 0 Å². The quantitative estimate of drug-likeness (QED) is 0.545. The van der Waals surface area contributed by atoms with Gasteiger partial charge in [0.2, 0.25) is 0 Å². The summed E-state index contributed by atoms with van der Waals surface area (Å²) in [7, 11) is 3.65. The third-order valence-corrected chi connectivity index (χ3v) is 0. The van der Waals surface area contributed by atoms with Crippen molar-refractivity contribution < 1.29 is 36.2 Å². The SMILES string of the molecule is [O]=[Ru].[S]=[Cu]. The van der Waals surface area contributed by atoms with Crippen LogP contribution in [0.4, 0.5) is 0 Å². The fourth-order valence-electron chi connectivity index (χ4n) is 0. The summed E-state index contributed by atoms with van der Waals surface area (Å²) in [6, 6.07) is 0. The van der Waals surface area contributed by atoms with E-state index in [0.717, 1.165) is 18.3 Å². The molecule has 0 saturated carbocycles. The summed E-state index contributed by atoms with van der Waals surface area (Å²) >= 11 is 4.87. The zero-order chi connectivity index (χ0) is 4.00. The third kappa shape index (κ3) is 10.9. The molecule has 0 amide bonds. The summed E-state index contributed by atoms with van der Waals surface area (Å²) in [5.41, 5.74) is 0. The zero-order valence-corrected chi connectivity index (χ0v) is 4.97. The van der Waals surface area contributed by atoms with Gasteiger partial charge < -0.3 is 0 Å². The van der Waals surface area contributed by atoms with Gasteiger partial charge in [0.1, 0.15) is 0 Å². The Balaban J connectivity index is 0. The van der Waals surface area contributed by atoms with Crippen LogP contribution in [0.2, 0.25) is 0 Å². The van der Waals surface area contributed by atoms with Gasteiger partial charge in [0.25, 0.3) is 0 Å². The van der Waals surface area contributed by atoms with E-state index in [1.807, 2.05) is 0 Å². The van der Waals surface area contributed by atoms with E-state index in [1.165, 1.54) is 0 Å². The molecule has 0 unspecified atom stereocenters. The molecule has 0 spiro atoms. The third-order valence-electron chi connectivity index (χ3n) is 0. The monoisotopic (exact) mass is 213 g/mol. The summed E-state index contributed by atoms with van der Waals surface area (Å²) in [6.07, 6.45) is 0. The van der Waals surface area contributed by atoms with Gasteiger partial charge in [-0.2, -0.15) is 0 Å². The number of hydrogen-bond donors (Lipinski definition) is 0. The summed E-state index contributed by atoms with van der Waals surface area (Å²) < 4.78 is 8.18. The standard InChI is InChI=1S/Cu.O.Ru.S. The first kappa shape index (κ1) is 8.94. The van der Waals surface area contributed by atoms with Gasteiger partial charge in [-0.15, -0.1) is 0 Å². The molecular formula is CuORuS. The Morgan fingerprint density at radius 1 is 1.50 bits per heavy atom. The van der Waals surface area contributed by atoms with Crippen molar-refractivity contribution in [3.05, 3.63) is 0 Å². The molecule has 0 fully saturated rings. The van der Waals surface area contributed by atoms with E-state index in [9.17, 15) is 0 Å². The maximum absolute atomic E-state index is 8.18. The van der Waals surface area contributed by atoms with Crippen molar-refractivity contribution in [2.45, 2.75) is 0 Å². The number of rotatable bonds is 0. The van der Waals surface area contributed by atoms with Gasteiger partial charge in [0, 0.05) is 0 Å². The topological polar surface area (TPSA) is 17.1 Å². The van der Waals surface area contributed by atoms with Crippen LogP contribution in [-0.2, 0) is 36.2 Å². The Morgan fingerprint density at radius 3 is 1.50 bits per heavy atom. The molecule has 0 bridgehead atoms. The maximum atomic E-state index is 8.18. The molecule has 0 aromatic carbocycles. The molecule has 1 nitrogen and oxygen atoms in total. The molecule has 0 aliphatic heterocycles. The van der Waals surface area contributed by atoms with Crippen LogP contribution in [-0.4, -0.2) is 0 Å². The van der Waals surface area contributed by atoms with E-state index in [-0.39, 0.29) is 0 Å². The van der Waals surface area contributed by atoms with Crippen LogP contribution in [0.5, 0.6) is 0 Å². The molecule has 0 aromatic rings. The molecule has 0 atom stereocenters. The molecule has 0 aliphatic rings. The average molecular weight is 213 g/mol. The molecule has 0 aliphatic carbocycles.